The Morgan fingerprint density at radius 1 is 1.11 bits per heavy atom. The molecule has 0 unspecified atom stereocenters. The predicted octanol–water partition coefficient (Wildman–Crippen LogP) is 2.30. The van der Waals surface area contributed by atoms with E-state index < -0.39 is 0 Å². The molecular weight excluding hydrogens is 110 g/mol. The number of hydrogen-bond donors (Lipinski definition) is 1. The first-order valence-electron chi connectivity index (χ1n) is 3.44. The van der Waals surface area contributed by atoms with Crippen LogP contribution in [0.4, 0.5) is 0 Å². The summed E-state index contributed by atoms with van der Waals surface area (Å²) in [5, 5.41) is 3.32. The lowest BCUT2D eigenvalue weighted by atomic mass is 10.2. The molecule has 0 aromatic carbocycles. The molecule has 0 bridgehead atoms. The van der Waals surface area contributed by atoms with Crippen LogP contribution in [-0.4, -0.2) is 6.04 Å². The molecule has 0 fully saturated rings. The molecule has 0 aromatic heterocycles. The summed E-state index contributed by atoms with van der Waals surface area (Å²) >= 11 is 0. The van der Waals surface area contributed by atoms with E-state index in [1.54, 1.807) is 0 Å². The molecule has 1 N–H and O–H groups in total. The smallest absolute Gasteiger partial charge is 0.0201 e. The van der Waals surface area contributed by atoms with Crippen molar-refractivity contribution in [3.05, 3.63) is 11.3 Å². The van der Waals surface area contributed by atoms with Crippen molar-refractivity contribution in [1.29, 1.82) is 0 Å². The molecule has 0 aliphatic carbocycles. The molecule has 0 saturated carbocycles. The van der Waals surface area contributed by atoms with E-state index >= 15 is 0 Å². The van der Waals surface area contributed by atoms with Crippen molar-refractivity contribution >= 4 is 0 Å². The normalized spacial score (nSPS) is 9.56. The van der Waals surface area contributed by atoms with Crippen molar-refractivity contribution in [2.45, 2.75) is 40.7 Å². The molecule has 0 aliphatic rings. The summed E-state index contributed by atoms with van der Waals surface area (Å²) in [7, 11) is 0. The Hall–Kier alpha value is -0.460. The molecule has 0 amide bonds. The Kier molecular flexibility index (Phi) is 3.36. The Bertz CT molecular complexity index is 108. The molecule has 0 rings (SSSR count). The fraction of sp³-hybridized carbons (Fsp3) is 0.750. The molecular formula is C8H17N. The van der Waals surface area contributed by atoms with Crippen LogP contribution in [0.15, 0.2) is 11.3 Å². The average molecular weight is 127 g/mol. The third-order valence-corrected chi connectivity index (χ3v) is 1.26. The minimum atomic E-state index is 0.555. The zero-order valence-corrected chi connectivity index (χ0v) is 7.08. The van der Waals surface area contributed by atoms with Crippen LogP contribution >= 0.6 is 0 Å². The Morgan fingerprint density at radius 2 is 1.56 bits per heavy atom. The van der Waals surface area contributed by atoms with E-state index in [9.17, 15) is 0 Å². The van der Waals surface area contributed by atoms with E-state index in [0.29, 0.717) is 6.04 Å². The summed E-state index contributed by atoms with van der Waals surface area (Å²) in [6.07, 6.45) is 0. The van der Waals surface area contributed by atoms with Gasteiger partial charge in [-0.25, -0.2) is 0 Å². The Balaban J connectivity index is 3.77. The first-order valence-corrected chi connectivity index (χ1v) is 3.44. The molecule has 54 valence electrons. The van der Waals surface area contributed by atoms with Gasteiger partial charge in [-0.1, -0.05) is 5.57 Å². The fourth-order valence-corrected chi connectivity index (χ4v) is 0.577. The van der Waals surface area contributed by atoms with Crippen molar-refractivity contribution in [3.8, 4) is 0 Å². The Labute approximate surface area is 58.2 Å². The summed E-state index contributed by atoms with van der Waals surface area (Å²) in [4.78, 5) is 0. The van der Waals surface area contributed by atoms with Gasteiger partial charge in [0.15, 0.2) is 0 Å². The van der Waals surface area contributed by atoms with Crippen LogP contribution < -0.4 is 5.32 Å². The minimum Gasteiger partial charge on any atom is -0.386 e. The number of allylic oxidation sites excluding steroid dienone is 2. The van der Waals surface area contributed by atoms with Gasteiger partial charge >= 0.3 is 0 Å². The van der Waals surface area contributed by atoms with Crippen molar-refractivity contribution in [3.63, 3.8) is 0 Å². The van der Waals surface area contributed by atoms with Gasteiger partial charge in [-0.3, -0.25) is 0 Å². The molecule has 0 heterocycles. The lowest BCUT2D eigenvalue weighted by molar-refractivity contribution is 0.663. The highest BCUT2D eigenvalue weighted by Gasteiger charge is 1.92. The van der Waals surface area contributed by atoms with Gasteiger partial charge in [-0.15, -0.1) is 0 Å². The fourth-order valence-electron chi connectivity index (χ4n) is 0.577. The maximum Gasteiger partial charge on any atom is 0.0201 e. The number of hydrogen-bond acceptors (Lipinski definition) is 1. The lowest BCUT2D eigenvalue weighted by Crippen LogP contribution is -2.20. The molecule has 0 aliphatic heterocycles. The zero-order valence-electron chi connectivity index (χ0n) is 7.08. The average Bonchev–Trinajstić information content (AvgIpc) is 1.63. The standard InChI is InChI=1S/C8H17N/c1-6(2)8(5)9-7(3)4/h7,9H,1-5H3. The van der Waals surface area contributed by atoms with Gasteiger partial charge in [-0.05, 0) is 34.6 Å². The van der Waals surface area contributed by atoms with Crippen LogP contribution in [0.2, 0.25) is 0 Å². The van der Waals surface area contributed by atoms with Crippen LogP contribution in [0.5, 0.6) is 0 Å². The summed E-state index contributed by atoms with van der Waals surface area (Å²) in [6.45, 7) is 10.6. The van der Waals surface area contributed by atoms with Gasteiger partial charge in [0.1, 0.15) is 0 Å². The summed E-state index contributed by atoms with van der Waals surface area (Å²) < 4.78 is 0. The summed E-state index contributed by atoms with van der Waals surface area (Å²) in [5.41, 5.74) is 2.66. The Morgan fingerprint density at radius 3 is 1.67 bits per heavy atom. The van der Waals surface area contributed by atoms with E-state index in [1.807, 2.05) is 0 Å². The first kappa shape index (κ1) is 8.54. The highest BCUT2D eigenvalue weighted by atomic mass is 14.9. The molecule has 0 aromatic rings. The lowest BCUT2D eigenvalue weighted by Gasteiger charge is -2.11. The third-order valence-electron chi connectivity index (χ3n) is 1.26. The van der Waals surface area contributed by atoms with Crippen LogP contribution in [-0.2, 0) is 0 Å². The monoisotopic (exact) mass is 127 g/mol. The summed E-state index contributed by atoms with van der Waals surface area (Å²) in [5.74, 6) is 0. The van der Waals surface area contributed by atoms with Crippen molar-refractivity contribution < 1.29 is 0 Å². The number of nitrogens with one attached hydrogen (secondary N) is 1. The zero-order chi connectivity index (χ0) is 7.44. The van der Waals surface area contributed by atoms with Gasteiger partial charge in [-0.2, -0.15) is 0 Å². The van der Waals surface area contributed by atoms with E-state index in [-0.39, 0.29) is 0 Å². The molecule has 1 nitrogen and oxygen atoms in total. The van der Waals surface area contributed by atoms with Crippen molar-refractivity contribution in [2.24, 2.45) is 0 Å². The maximum absolute atomic E-state index is 3.32. The van der Waals surface area contributed by atoms with E-state index in [4.69, 9.17) is 0 Å². The van der Waals surface area contributed by atoms with Gasteiger partial charge in [0.05, 0.1) is 0 Å². The van der Waals surface area contributed by atoms with Gasteiger partial charge in [0.25, 0.3) is 0 Å². The van der Waals surface area contributed by atoms with Crippen molar-refractivity contribution in [1.82, 2.24) is 5.32 Å². The second-order valence-electron chi connectivity index (χ2n) is 2.92. The molecule has 1 heteroatoms. The van der Waals surface area contributed by atoms with E-state index in [2.05, 4.69) is 39.9 Å². The van der Waals surface area contributed by atoms with Crippen LogP contribution in [0.1, 0.15) is 34.6 Å². The van der Waals surface area contributed by atoms with Gasteiger partial charge < -0.3 is 5.32 Å². The molecule has 0 saturated heterocycles. The van der Waals surface area contributed by atoms with Gasteiger partial charge in [0.2, 0.25) is 0 Å². The van der Waals surface area contributed by atoms with Gasteiger partial charge in [0, 0.05) is 11.7 Å². The molecule has 0 spiro atoms. The second-order valence-corrected chi connectivity index (χ2v) is 2.92. The minimum absolute atomic E-state index is 0.555. The van der Waals surface area contributed by atoms with Crippen LogP contribution in [0.25, 0.3) is 0 Å². The highest BCUT2D eigenvalue weighted by molar-refractivity contribution is 5.04. The molecule has 0 atom stereocenters. The third kappa shape index (κ3) is 4.07. The quantitative estimate of drug-likeness (QED) is 0.600. The van der Waals surface area contributed by atoms with Crippen LogP contribution in [0.3, 0.4) is 0 Å². The molecule has 9 heavy (non-hydrogen) atoms. The SMILES string of the molecule is CC(C)=C(C)NC(C)C. The van der Waals surface area contributed by atoms with E-state index in [1.165, 1.54) is 11.3 Å². The van der Waals surface area contributed by atoms with E-state index in [0.717, 1.165) is 0 Å². The molecule has 0 radical (unpaired) electrons. The largest absolute Gasteiger partial charge is 0.386 e. The number of rotatable bonds is 2. The van der Waals surface area contributed by atoms with Crippen molar-refractivity contribution in [2.75, 3.05) is 0 Å². The summed E-state index contributed by atoms with van der Waals surface area (Å²) in [6, 6.07) is 0.555. The van der Waals surface area contributed by atoms with Crippen LogP contribution in [0, 0.1) is 0 Å². The topological polar surface area (TPSA) is 12.0 Å². The predicted molar refractivity (Wildman–Crippen MR) is 42.3 cm³/mol. The first-order chi connectivity index (χ1) is 4.04. The second kappa shape index (κ2) is 3.54. The maximum atomic E-state index is 3.32. The highest BCUT2D eigenvalue weighted by Crippen LogP contribution is 1.97.